The zero-order valence-electron chi connectivity index (χ0n) is 10.0. The molecule has 0 aromatic heterocycles. The molecule has 0 aromatic carbocycles. The summed E-state index contributed by atoms with van der Waals surface area (Å²) in [5.74, 6) is -1.04. The first kappa shape index (κ1) is 13.0. The summed E-state index contributed by atoms with van der Waals surface area (Å²) in [7, 11) is 0. The van der Waals surface area contributed by atoms with Gasteiger partial charge in [0.1, 0.15) is 0 Å². The maximum Gasteiger partial charge on any atom is 0.363 e. The summed E-state index contributed by atoms with van der Waals surface area (Å²) in [5.41, 5.74) is -0.664. The molecule has 1 fully saturated rings. The number of quaternary nitrogens is 1. The largest absolute Gasteiger partial charge is 0.498 e. The van der Waals surface area contributed by atoms with Crippen molar-refractivity contribution in [2.24, 2.45) is 0 Å². The first-order chi connectivity index (χ1) is 7.23. The fourth-order valence-corrected chi connectivity index (χ4v) is 2.68. The summed E-state index contributed by atoms with van der Waals surface area (Å²) in [4.78, 5) is 22.6. The molecule has 1 aliphatic rings. The number of likely N-dealkylation sites (tertiary alicyclic amines) is 1. The van der Waals surface area contributed by atoms with Gasteiger partial charge in [0.15, 0.2) is 6.04 Å². The lowest BCUT2D eigenvalue weighted by molar-refractivity contribution is -0.938. The molecule has 5 nitrogen and oxygen atoms in total. The van der Waals surface area contributed by atoms with Crippen molar-refractivity contribution < 1.29 is 24.3 Å². The Balaban J connectivity index is 3.25. The minimum atomic E-state index is -1.28. The number of piperidine rings is 1. The van der Waals surface area contributed by atoms with Crippen molar-refractivity contribution in [3.05, 3.63) is 0 Å². The number of carboxylic acids is 1. The number of carbonyl (C=O) groups is 2. The van der Waals surface area contributed by atoms with Gasteiger partial charge in [0.05, 0.1) is 12.1 Å². The minimum absolute atomic E-state index is 0.336. The van der Waals surface area contributed by atoms with Crippen LogP contribution in [0.15, 0.2) is 0 Å². The van der Waals surface area contributed by atoms with Gasteiger partial charge in [0, 0.05) is 6.42 Å². The number of amides is 1. The second kappa shape index (κ2) is 4.05. The molecule has 0 saturated carbocycles. The van der Waals surface area contributed by atoms with Crippen molar-refractivity contribution in [2.75, 3.05) is 6.54 Å². The standard InChI is InChI=1S/C11H19NO4/c1-11(2,3)12(10(15)16)7-5-4-6-8(12)9(13)14/h8H,4-7H2,1-3H3,(H-,13,14,15,16)/t8-,12?/m1/s1. The normalized spacial score (nSPS) is 31.1. The minimum Gasteiger partial charge on any atom is -0.498 e. The van der Waals surface area contributed by atoms with Gasteiger partial charge in [-0.2, -0.15) is 0 Å². The molecule has 1 rings (SSSR count). The highest BCUT2D eigenvalue weighted by Crippen LogP contribution is 2.35. The maximum atomic E-state index is 11.4. The highest BCUT2D eigenvalue weighted by Gasteiger charge is 2.53. The van der Waals surface area contributed by atoms with E-state index >= 15 is 0 Å². The van der Waals surface area contributed by atoms with Crippen LogP contribution in [0.5, 0.6) is 0 Å². The van der Waals surface area contributed by atoms with E-state index in [-0.39, 0.29) is 0 Å². The lowest BCUT2D eigenvalue weighted by atomic mass is 9.90. The molecule has 1 aliphatic heterocycles. The van der Waals surface area contributed by atoms with Crippen molar-refractivity contribution >= 4 is 12.1 Å². The van der Waals surface area contributed by atoms with E-state index in [0.717, 1.165) is 12.8 Å². The molecule has 0 bridgehead atoms. The fourth-order valence-electron chi connectivity index (χ4n) is 2.68. The van der Waals surface area contributed by atoms with Gasteiger partial charge >= 0.3 is 5.97 Å². The number of rotatable bonds is 1. The second-order valence-electron chi connectivity index (χ2n) is 5.38. The lowest BCUT2D eigenvalue weighted by Gasteiger charge is -2.53. The zero-order valence-corrected chi connectivity index (χ0v) is 10.0. The van der Waals surface area contributed by atoms with Crippen LogP contribution in [-0.4, -0.2) is 39.8 Å². The highest BCUT2D eigenvalue weighted by molar-refractivity contribution is 5.75. The molecule has 1 N–H and O–H groups in total. The molecule has 92 valence electrons. The zero-order chi connectivity index (χ0) is 12.6. The van der Waals surface area contributed by atoms with Gasteiger partial charge in [-0.15, -0.1) is 0 Å². The predicted octanol–water partition coefficient (Wildman–Crippen LogP) is 0.582. The highest BCUT2D eigenvalue weighted by atomic mass is 16.4. The Kier molecular flexibility index (Phi) is 3.28. The Hall–Kier alpha value is -1.10. The molecule has 0 aliphatic carbocycles. The monoisotopic (exact) mass is 229 g/mol. The van der Waals surface area contributed by atoms with Gasteiger partial charge in [-0.25, -0.2) is 4.79 Å². The van der Waals surface area contributed by atoms with Crippen LogP contribution in [0.1, 0.15) is 40.0 Å². The SMILES string of the molecule is CC(C)(C)[N+]1(C(=O)[O-])CCCC[C@@H]1C(=O)O. The van der Waals surface area contributed by atoms with Gasteiger partial charge in [-0.1, -0.05) is 0 Å². The average Bonchev–Trinajstić information content (AvgIpc) is 2.15. The molecule has 2 atom stereocenters. The summed E-state index contributed by atoms with van der Waals surface area (Å²) in [5, 5.41) is 20.6. The van der Waals surface area contributed by atoms with Crippen molar-refractivity contribution in [3.8, 4) is 0 Å². The third kappa shape index (κ3) is 1.80. The van der Waals surface area contributed by atoms with Gasteiger partial charge in [-0.3, -0.25) is 4.48 Å². The Labute approximate surface area is 95.3 Å². The number of hydrogen-bond acceptors (Lipinski definition) is 3. The second-order valence-corrected chi connectivity index (χ2v) is 5.38. The third-order valence-electron chi connectivity index (χ3n) is 3.58. The molecule has 1 heterocycles. The molecule has 1 amide bonds. The first-order valence-corrected chi connectivity index (χ1v) is 5.55. The molecule has 16 heavy (non-hydrogen) atoms. The number of hydrogen-bond donors (Lipinski definition) is 1. The Morgan fingerprint density at radius 3 is 2.19 bits per heavy atom. The predicted molar refractivity (Wildman–Crippen MR) is 55.6 cm³/mol. The number of aliphatic carboxylic acids is 1. The van der Waals surface area contributed by atoms with Crippen molar-refractivity contribution in [1.29, 1.82) is 0 Å². The van der Waals surface area contributed by atoms with E-state index in [0.29, 0.717) is 13.0 Å². The van der Waals surface area contributed by atoms with Crippen LogP contribution in [0.25, 0.3) is 0 Å². The van der Waals surface area contributed by atoms with Crippen LogP contribution >= 0.6 is 0 Å². The van der Waals surface area contributed by atoms with Crippen LogP contribution in [-0.2, 0) is 4.79 Å². The van der Waals surface area contributed by atoms with Crippen LogP contribution < -0.4 is 5.11 Å². The quantitative estimate of drug-likeness (QED) is 0.667. The molecular weight excluding hydrogens is 210 g/mol. The summed E-state index contributed by atoms with van der Waals surface area (Å²) >= 11 is 0. The van der Waals surface area contributed by atoms with Gasteiger partial charge in [0.2, 0.25) is 0 Å². The van der Waals surface area contributed by atoms with E-state index in [1.165, 1.54) is 0 Å². The Morgan fingerprint density at radius 2 is 1.88 bits per heavy atom. The molecule has 0 aromatic rings. The number of carbonyl (C=O) groups excluding carboxylic acids is 1. The van der Waals surface area contributed by atoms with Crippen molar-refractivity contribution in [1.82, 2.24) is 0 Å². The fraction of sp³-hybridized carbons (Fsp3) is 0.818. The average molecular weight is 229 g/mol. The summed E-state index contributed by atoms with van der Waals surface area (Å²) in [6.45, 7) is 5.60. The smallest absolute Gasteiger partial charge is 0.363 e. The molecule has 0 radical (unpaired) electrons. The Morgan fingerprint density at radius 1 is 1.31 bits per heavy atom. The van der Waals surface area contributed by atoms with Crippen molar-refractivity contribution in [3.63, 3.8) is 0 Å². The summed E-state index contributed by atoms with van der Waals surface area (Å²) < 4.78 is -0.470. The van der Waals surface area contributed by atoms with E-state index in [1.54, 1.807) is 20.8 Å². The topological polar surface area (TPSA) is 77.4 Å². The van der Waals surface area contributed by atoms with E-state index in [2.05, 4.69) is 0 Å². The van der Waals surface area contributed by atoms with Crippen LogP contribution in [0, 0.1) is 0 Å². The van der Waals surface area contributed by atoms with Gasteiger partial charge in [-0.05, 0) is 33.6 Å². The number of nitrogens with zero attached hydrogens (tertiary/aromatic N) is 1. The maximum absolute atomic E-state index is 11.4. The van der Waals surface area contributed by atoms with E-state index in [4.69, 9.17) is 0 Å². The molecule has 0 spiro atoms. The first-order valence-electron chi connectivity index (χ1n) is 5.55. The number of carboxylic acid groups (broad SMARTS) is 2. The lowest BCUT2D eigenvalue weighted by Crippen LogP contribution is -2.75. The molecule has 1 saturated heterocycles. The summed E-state index contributed by atoms with van der Waals surface area (Å²) in [6, 6.07) is -0.890. The molecule has 5 heteroatoms. The van der Waals surface area contributed by atoms with Crippen LogP contribution in [0.2, 0.25) is 0 Å². The van der Waals surface area contributed by atoms with E-state index in [1.807, 2.05) is 0 Å². The summed E-state index contributed by atoms with van der Waals surface area (Å²) in [6.07, 6.45) is 0.621. The third-order valence-corrected chi connectivity index (χ3v) is 3.58. The Bertz CT molecular complexity index is 308. The molecular formula is C11H19NO4. The van der Waals surface area contributed by atoms with E-state index < -0.39 is 28.1 Å². The van der Waals surface area contributed by atoms with Crippen molar-refractivity contribution in [2.45, 2.75) is 51.6 Å². The van der Waals surface area contributed by atoms with Gasteiger partial charge in [0.25, 0.3) is 6.09 Å². The van der Waals surface area contributed by atoms with Gasteiger partial charge < -0.3 is 15.0 Å². The van der Waals surface area contributed by atoms with E-state index in [9.17, 15) is 19.8 Å². The molecule has 1 unspecified atom stereocenters. The van der Waals surface area contributed by atoms with Crippen LogP contribution in [0.4, 0.5) is 4.79 Å². The van der Waals surface area contributed by atoms with Crippen LogP contribution in [0.3, 0.4) is 0 Å².